The van der Waals surface area contributed by atoms with E-state index in [1.165, 1.54) is 11.6 Å². The number of benzene rings is 1. The Bertz CT molecular complexity index is 1170. The fourth-order valence-corrected chi connectivity index (χ4v) is 3.02. The molecule has 0 radical (unpaired) electrons. The molecule has 7 nitrogen and oxygen atoms in total. The summed E-state index contributed by atoms with van der Waals surface area (Å²) in [6, 6.07) is 9.77. The molecule has 0 N–H and O–H groups in total. The summed E-state index contributed by atoms with van der Waals surface area (Å²) in [4.78, 5) is 29.3. The van der Waals surface area contributed by atoms with E-state index >= 15 is 0 Å². The maximum atomic E-state index is 12.6. The van der Waals surface area contributed by atoms with Crippen molar-refractivity contribution in [2.75, 3.05) is 0 Å². The zero-order valence-corrected chi connectivity index (χ0v) is 13.0. The van der Waals surface area contributed by atoms with Gasteiger partial charge in [-0.3, -0.25) is 22.9 Å². The molecule has 0 atom stereocenters. The minimum absolute atomic E-state index is 0.328. The molecule has 7 heteroatoms. The number of hydrogen-bond acceptors (Lipinski definition) is 3. The topological polar surface area (TPSA) is 66.2 Å². The van der Waals surface area contributed by atoms with Crippen LogP contribution in [0, 0.1) is 0 Å². The number of nitrogens with zero attached hydrogens (tertiary/aromatic N) is 5. The minimum Gasteiger partial charge on any atom is -0.299 e. The van der Waals surface area contributed by atoms with Crippen LogP contribution in [-0.2, 0) is 21.1 Å². The Labute approximate surface area is 130 Å². The van der Waals surface area contributed by atoms with Crippen LogP contribution in [-0.4, -0.2) is 23.1 Å². The van der Waals surface area contributed by atoms with E-state index in [1.807, 2.05) is 36.5 Å². The number of hydrogen-bond donors (Lipinski definition) is 0. The molecule has 4 aromatic rings. The van der Waals surface area contributed by atoms with Gasteiger partial charge in [0.15, 0.2) is 5.52 Å². The van der Waals surface area contributed by atoms with Gasteiger partial charge in [-0.2, -0.15) is 0 Å². The highest BCUT2D eigenvalue weighted by atomic mass is 16.2. The molecule has 0 aliphatic rings. The highest BCUT2D eigenvalue weighted by Crippen LogP contribution is 2.22. The molecule has 0 unspecified atom stereocenters. The van der Waals surface area contributed by atoms with Crippen LogP contribution in [0.15, 0.2) is 46.1 Å². The molecule has 3 heterocycles. The van der Waals surface area contributed by atoms with Crippen LogP contribution in [0.4, 0.5) is 0 Å². The van der Waals surface area contributed by atoms with E-state index in [9.17, 15) is 9.59 Å². The summed E-state index contributed by atoms with van der Waals surface area (Å²) in [5, 5.41) is 0. The molecule has 0 saturated heterocycles. The predicted molar refractivity (Wildman–Crippen MR) is 87.6 cm³/mol. The summed E-state index contributed by atoms with van der Waals surface area (Å²) in [5.74, 6) is 0.622. The summed E-state index contributed by atoms with van der Waals surface area (Å²) in [6.07, 6.45) is 1.83. The Morgan fingerprint density at radius 2 is 1.61 bits per heavy atom. The minimum atomic E-state index is -0.352. The summed E-state index contributed by atoms with van der Waals surface area (Å²) >= 11 is 0. The average molecular weight is 309 g/mol. The molecule has 0 aliphatic heterocycles. The first-order chi connectivity index (χ1) is 11.0. The van der Waals surface area contributed by atoms with Gasteiger partial charge in [0.1, 0.15) is 5.65 Å². The van der Waals surface area contributed by atoms with Crippen molar-refractivity contribution in [3.63, 3.8) is 0 Å². The van der Waals surface area contributed by atoms with Crippen molar-refractivity contribution in [2.24, 2.45) is 21.1 Å². The largest absolute Gasteiger partial charge is 0.332 e. The average Bonchev–Trinajstić information content (AvgIpc) is 3.11. The van der Waals surface area contributed by atoms with Gasteiger partial charge in [-0.1, -0.05) is 30.3 Å². The Kier molecular flexibility index (Phi) is 2.63. The standard InChI is InChI=1S/C16H15N5O2/c1-18-13-12(14(22)20(3)16(23)19(13)2)21-9-11(17-15(18)21)10-7-5-4-6-8-10/h4-9H,1-3H3. The normalized spacial score (nSPS) is 11.6. The molecule has 3 aromatic heterocycles. The van der Waals surface area contributed by atoms with Crippen LogP contribution >= 0.6 is 0 Å². The second-order valence-corrected chi connectivity index (χ2v) is 5.60. The molecule has 116 valence electrons. The number of aryl methyl sites for hydroxylation is 2. The first-order valence-corrected chi connectivity index (χ1v) is 7.19. The van der Waals surface area contributed by atoms with E-state index in [4.69, 9.17) is 0 Å². The molecule has 0 amide bonds. The van der Waals surface area contributed by atoms with Gasteiger partial charge >= 0.3 is 5.69 Å². The summed E-state index contributed by atoms with van der Waals surface area (Å²) in [5.41, 5.74) is 2.09. The lowest BCUT2D eigenvalue weighted by Gasteiger charge is -2.05. The third-order valence-corrected chi connectivity index (χ3v) is 4.23. The maximum absolute atomic E-state index is 12.6. The van der Waals surface area contributed by atoms with E-state index in [0.717, 1.165) is 15.8 Å². The summed E-state index contributed by atoms with van der Waals surface area (Å²) in [6.45, 7) is 0. The van der Waals surface area contributed by atoms with Gasteiger partial charge in [0.2, 0.25) is 5.78 Å². The van der Waals surface area contributed by atoms with E-state index < -0.39 is 0 Å². The van der Waals surface area contributed by atoms with Crippen molar-refractivity contribution in [3.8, 4) is 11.3 Å². The van der Waals surface area contributed by atoms with Crippen LogP contribution in [0.25, 0.3) is 28.2 Å². The highest BCUT2D eigenvalue weighted by molar-refractivity contribution is 5.78. The van der Waals surface area contributed by atoms with Gasteiger partial charge in [0.25, 0.3) is 5.56 Å². The fourth-order valence-electron chi connectivity index (χ4n) is 3.02. The lowest BCUT2D eigenvalue weighted by Crippen LogP contribution is -2.37. The SMILES string of the molecule is Cn1c(=O)c2c(n(C)c1=O)n(C)c1nc(-c3ccccc3)cn21. The molecule has 0 saturated carbocycles. The van der Waals surface area contributed by atoms with E-state index in [1.54, 1.807) is 23.1 Å². The molecule has 23 heavy (non-hydrogen) atoms. The molecular weight excluding hydrogens is 294 g/mol. The molecule has 0 fully saturated rings. The Morgan fingerprint density at radius 1 is 0.913 bits per heavy atom. The van der Waals surface area contributed by atoms with Crippen LogP contribution in [0.2, 0.25) is 0 Å². The van der Waals surface area contributed by atoms with E-state index in [0.29, 0.717) is 16.9 Å². The van der Waals surface area contributed by atoms with Gasteiger partial charge < -0.3 is 0 Å². The first-order valence-electron chi connectivity index (χ1n) is 7.19. The summed E-state index contributed by atoms with van der Waals surface area (Å²) < 4.78 is 6.10. The molecule has 4 rings (SSSR count). The van der Waals surface area contributed by atoms with Crippen LogP contribution < -0.4 is 11.2 Å². The summed E-state index contributed by atoms with van der Waals surface area (Å²) in [7, 11) is 4.94. The van der Waals surface area contributed by atoms with Gasteiger partial charge in [0, 0.05) is 32.9 Å². The number of rotatable bonds is 1. The predicted octanol–water partition coefficient (Wildman–Crippen LogP) is 0.890. The Morgan fingerprint density at radius 3 is 2.30 bits per heavy atom. The Hall–Kier alpha value is -3.09. The molecule has 0 bridgehead atoms. The first kappa shape index (κ1) is 13.6. The highest BCUT2D eigenvalue weighted by Gasteiger charge is 2.19. The van der Waals surface area contributed by atoms with Gasteiger partial charge in [0.05, 0.1) is 5.69 Å². The number of aromatic nitrogens is 5. The second-order valence-electron chi connectivity index (χ2n) is 5.60. The monoisotopic (exact) mass is 309 g/mol. The second kappa shape index (κ2) is 4.45. The van der Waals surface area contributed by atoms with Crippen LogP contribution in [0.3, 0.4) is 0 Å². The quantitative estimate of drug-likeness (QED) is 0.524. The smallest absolute Gasteiger partial charge is 0.299 e. The van der Waals surface area contributed by atoms with Gasteiger partial charge in [-0.05, 0) is 0 Å². The van der Waals surface area contributed by atoms with Crippen LogP contribution in [0.1, 0.15) is 0 Å². The van der Waals surface area contributed by atoms with Crippen molar-refractivity contribution in [3.05, 3.63) is 57.4 Å². The van der Waals surface area contributed by atoms with E-state index in [2.05, 4.69) is 4.98 Å². The lowest BCUT2D eigenvalue weighted by atomic mass is 10.2. The van der Waals surface area contributed by atoms with E-state index in [-0.39, 0.29) is 11.2 Å². The van der Waals surface area contributed by atoms with Crippen molar-refractivity contribution < 1.29 is 0 Å². The fraction of sp³-hybridized carbons (Fsp3) is 0.188. The lowest BCUT2D eigenvalue weighted by molar-refractivity contribution is 0.698. The maximum Gasteiger partial charge on any atom is 0.332 e. The van der Waals surface area contributed by atoms with Gasteiger partial charge in [-0.15, -0.1) is 0 Å². The zero-order chi connectivity index (χ0) is 16.3. The van der Waals surface area contributed by atoms with Crippen molar-refractivity contribution in [1.29, 1.82) is 0 Å². The number of fused-ring (bicyclic) bond motifs is 3. The number of imidazole rings is 2. The molecule has 1 aromatic carbocycles. The van der Waals surface area contributed by atoms with Gasteiger partial charge in [-0.25, -0.2) is 9.78 Å². The Balaban J connectivity index is 2.18. The van der Waals surface area contributed by atoms with Crippen molar-refractivity contribution in [1.82, 2.24) is 23.1 Å². The molecular formula is C16H15N5O2. The molecule has 0 aliphatic carbocycles. The molecule has 0 spiro atoms. The third kappa shape index (κ3) is 1.67. The van der Waals surface area contributed by atoms with Crippen molar-refractivity contribution >= 4 is 16.9 Å². The zero-order valence-electron chi connectivity index (χ0n) is 13.0. The third-order valence-electron chi connectivity index (χ3n) is 4.23. The van der Waals surface area contributed by atoms with Crippen molar-refractivity contribution in [2.45, 2.75) is 0 Å². The van der Waals surface area contributed by atoms with Crippen LogP contribution in [0.5, 0.6) is 0 Å².